The van der Waals surface area contributed by atoms with Crippen molar-refractivity contribution in [1.82, 2.24) is 0 Å². The molecular weight excluding hydrogens is 769 g/mol. The van der Waals surface area contributed by atoms with Crippen molar-refractivity contribution in [2.45, 2.75) is 83.5 Å². The summed E-state index contributed by atoms with van der Waals surface area (Å²) in [5, 5.41) is 4.73. The molecule has 0 saturated heterocycles. The van der Waals surface area contributed by atoms with E-state index in [4.69, 9.17) is 4.74 Å². The minimum atomic E-state index is -4.04. The molecule has 0 amide bonds. The quantitative estimate of drug-likeness (QED) is 0.0732. The molecule has 11 heteroatoms. The maximum absolute atomic E-state index is 11.5. The maximum Gasteiger partial charge on any atom is 0.264 e. The Morgan fingerprint density at radius 3 is 2.00 bits per heavy atom. The number of hydrogen-bond donors (Lipinski definition) is 2. The summed E-state index contributed by atoms with van der Waals surface area (Å²) < 4.78 is 73.4. The van der Waals surface area contributed by atoms with E-state index in [1.807, 2.05) is 0 Å². The molecular formula is C47H55N2O7S2+. The zero-order valence-electron chi connectivity index (χ0n) is 34.2. The second-order valence-electron chi connectivity index (χ2n) is 16.8. The van der Waals surface area contributed by atoms with Crippen LogP contribution < -0.4 is 4.90 Å². The average molecular weight is 824 g/mol. The zero-order valence-corrected chi connectivity index (χ0v) is 35.8. The molecule has 0 fully saturated rings. The van der Waals surface area contributed by atoms with Crippen LogP contribution in [0.3, 0.4) is 0 Å². The number of fused-ring (bicyclic) bond motifs is 6. The lowest BCUT2D eigenvalue weighted by Gasteiger charge is -2.27. The van der Waals surface area contributed by atoms with Crippen LogP contribution in [-0.4, -0.2) is 67.9 Å². The van der Waals surface area contributed by atoms with Gasteiger partial charge in [-0.05, 0) is 115 Å². The molecule has 2 N–H and O–H groups in total. The van der Waals surface area contributed by atoms with Crippen molar-refractivity contribution in [2.24, 2.45) is 0 Å². The van der Waals surface area contributed by atoms with Crippen LogP contribution in [0.15, 0.2) is 120 Å². The summed E-state index contributed by atoms with van der Waals surface area (Å²) in [5.41, 5.74) is 8.47. The number of rotatable bonds is 14. The molecule has 4 aromatic rings. The van der Waals surface area contributed by atoms with Gasteiger partial charge in [0, 0.05) is 47.5 Å². The van der Waals surface area contributed by atoms with Gasteiger partial charge in [-0.2, -0.15) is 21.4 Å². The largest absolute Gasteiger partial charge is 0.496 e. The molecule has 9 nitrogen and oxygen atoms in total. The van der Waals surface area contributed by atoms with Gasteiger partial charge in [-0.1, -0.05) is 74.5 Å². The summed E-state index contributed by atoms with van der Waals surface area (Å²) in [6, 6.07) is 25.5. The first-order valence-corrected chi connectivity index (χ1v) is 23.5. The van der Waals surface area contributed by atoms with E-state index in [1.54, 1.807) is 7.11 Å². The summed E-state index contributed by atoms with van der Waals surface area (Å²) in [4.78, 5) is 2.31. The van der Waals surface area contributed by atoms with Crippen LogP contribution in [0.2, 0.25) is 0 Å². The van der Waals surface area contributed by atoms with E-state index >= 15 is 0 Å². The highest BCUT2D eigenvalue weighted by Crippen LogP contribution is 2.51. The van der Waals surface area contributed by atoms with Gasteiger partial charge in [0.2, 0.25) is 5.69 Å². The Kier molecular flexibility index (Phi) is 11.7. The number of nitrogens with zero attached hydrogens (tertiary/aromatic N) is 2. The number of ether oxygens (including phenoxy) is 1. The molecule has 0 aromatic heterocycles. The van der Waals surface area contributed by atoms with Crippen molar-refractivity contribution in [3.05, 3.63) is 131 Å². The van der Waals surface area contributed by atoms with Crippen molar-refractivity contribution >= 4 is 58.9 Å². The number of methoxy groups -OCH3 is 1. The van der Waals surface area contributed by atoms with E-state index in [0.717, 1.165) is 59.0 Å². The summed E-state index contributed by atoms with van der Waals surface area (Å²) in [6.45, 7) is 10.2. The highest BCUT2D eigenvalue weighted by atomic mass is 32.2. The van der Waals surface area contributed by atoms with Crippen LogP contribution in [0, 0.1) is 0 Å². The summed E-state index contributed by atoms with van der Waals surface area (Å²) in [7, 11) is -6.34. The van der Waals surface area contributed by atoms with Crippen LogP contribution in [-0.2, 0) is 35.8 Å². The summed E-state index contributed by atoms with van der Waals surface area (Å²) in [6.07, 6.45) is 13.4. The summed E-state index contributed by atoms with van der Waals surface area (Å²) in [5.74, 6) is 0.332. The lowest BCUT2D eigenvalue weighted by Crippen LogP contribution is -2.28. The Morgan fingerprint density at radius 2 is 1.34 bits per heavy atom. The van der Waals surface area contributed by atoms with Crippen molar-refractivity contribution in [3.8, 4) is 0 Å². The maximum atomic E-state index is 11.5. The predicted octanol–water partition coefficient (Wildman–Crippen LogP) is 9.95. The van der Waals surface area contributed by atoms with Gasteiger partial charge in [-0.25, -0.2) is 0 Å². The molecule has 0 unspecified atom stereocenters. The van der Waals surface area contributed by atoms with Gasteiger partial charge in [0.05, 0.1) is 24.0 Å². The monoisotopic (exact) mass is 823 g/mol. The molecule has 4 aromatic carbocycles. The van der Waals surface area contributed by atoms with Gasteiger partial charge in [-0.3, -0.25) is 9.11 Å². The van der Waals surface area contributed by atoms with Crippen molar-refractivity contribution in [3.63, 3.8) is 0 Å². The highest BCUT2D eigenvalue weighted by Gasteiger charge is 2.45. The van der Waals surface area contributed by atoms with E-state index in [0.29, 0.717) is 38.8 Å². The van der Waals surface area contributed by atoms with Gasteiger partial charge in [0.1, 0.15) is 12.3 Å². The fourth-order valence-electron chi connectivity index (χ4n) is 9.50. The second-order valence-corrected chi connectivity index (χ2v) is 19.9. The molecule has 2 heterocycles. The third-order valence-electron chi connectivity index (χ3n) is 12.1. The first-order chi connectivity index (χ1) is 27.5. The lowest BCUT2D eigenvalue weighted by atomic mass is 9.78. The molecule has 306 valence electrons. The fraction of sp³-hybridized carbons (Fsp3) is 0.383. The van der Waals surface area contributed by atoms with Crippen LogP contribution >= 0.6 is 0 Å². The van der Waals surface area contributed by atoms with Crippen molar-refractivity contribution < 1.29 is 35.3 Å². The molecule has 7 rings (SSSR count). The Labute approximate surface area is 343 Å². The smallest absolute Gasteiger partial charge is 0.264 e. The third kappa shape index (κ3) is 8.32. The van der Waals surface area contributed by atoms with Gasteiger partial charge >= 0.3 is 0 Å². The molecule has 0 spiro atoms. The minimum Gasteiger partial charge on any atom is -0.496 e. The molecule has 0 atom stereocenters. The topological polar surface area (TPSA) is 124 Å². The van der Waals surface area contributed by atoms with Gasteiger partial charge in [0.15, 0.2) is 5.71 Å². The SMILES string of the molecule is COC1=C(/C=C/C2=[N+](CCCCS(=O)(=O)O)c3ccc4ccccc4c3C2(C)C)CCC/C1=C\C=C1\N(CCCCS(=O)(=O)O)c2ccc3ccccc3c2C1(C)C. The normalized spacial score (nSPS) is 19.3. The van der Waals surface area contributed by atoms with Crippen LogP contribution in [0.4, 0.5) is 11.4 Å². The number of benzene rings is 4. The fourth-order valence-corrected chi connectivity index (χ4v) is 10.6. The first kappa shape index (κ1) is 41.6. The number of hydrogen-bond acceptors (Lipinski definition) is 6. The van der Waals surface area contributed by atoms with Gasteiger partial charge in [0.25, 0.3) is 20.2 Å². The van der Waals surface area contributed by atoms with E-state index in [2.05, 4.69) is 134 Å². The third-order valence-corrected chi connectivity index (χ3v) is 13.7. The van der Waals surface area contributed by atoms with Crippen LogP contribution in [0.1, 0.15) is 83.8 Å². The first-order valence-electron chi connectivity index (χ1n) is 20.3. The van der Waals surface area contributed by atoms with E-state index < -0.39 is 20.2 Å². The number of allylic oxidation sites excluding steroid dienone is 7. The van der Waals surface area contributed by atoms with Crippen LogP contribution in [0.5, 0.6) is 0 Å². The molecule has 1 aliphatic carbocycles. The Hall–Kier alpha value is -4.55. The van der Waals surface area contributed by atoms with Crippen molar-refractivity contribution in [1.29, 1.82) is 0 Å². The van der Waals surface area contributed by atoms with Gasteiger partial charge < -0.3 is 9.64 Å². The highest BCUT2D eigenvalue weighted by molar-refractivity contribution is 7.86. The zero-order chi connectivity index (χ0) is 41.5. The molecule has 0 saturated carbocycles. The van der Waals surface area contributed by atoms with E-state index in [9.17, 15) is 25.9 Å². The Bertz CT molecular complexity index is 2650. The molecule has 58 heavy (non-hydrogen) atoms. The average Bonchev–Trinajstić information content (AvgIpc) is 3.53. The standard InChI is InChI=1S/C47H54N2O7S2/c1-46(2)41(48(29-10-12-31-57(50,51)52)39-25-21-33-15-6-8-19-37(33)43(39)46)27-23-35-17-14-18-36(45(35)56-5)24-28-42-47(3,4)44-38-20-9-7-16-34(38)22-26-40(44)49(42)30-11-13-32-58(53,54)55/h6-9,15-16,19-28H,10-14,17-18,29-32H2,1-5H3,(H-,50,51,52,53,54,55)/p+1. The molecule has 0 bridgehead atoms. The minimum absolute atomic E-state index is 0.263. The van der Waals surface area contributed by atoms with E-state index in [-0.39, 0.29) is 22.3 Å². The Balaban J connectivity index is 1.26. The molecule has 0 radical (unpaired) electrons. The molecule has 3 aliphatic rings. The van der Waals surface area contributed by atoms with Crippen molar-refractivity contribution in [2.75, 3.05) is 36.6 Å². The van der Waals surface area contributed by atoms with Crippen LogP contribution in [0.25, 0.3) is 21.5 Å². The number of anilines is 1. The second kappa shape index (κ2) is 16.2. The Morgan fingerprint density at radius 1 is 0.724 bits per heavy atom. The summed E-state index contributed by atoms with van der Waals surface area (Å²) >= 11 is 0. The predicted molar refractivity (Wildman–Crippen MR) is 236 cm³/mol. The number of unbranched alkanes of at least 4 members (excludes halogenated alkanes) is 2. The lowest BCUT2D eigenvalue weighted by molar-refractivity contribution is -0.438. The van der Waals surface area contributed by atoms with E-state index in [1.165, 1.54) is 32.7 Å². The molecule has 2 aliphatic heterocycles. The van der Waals surface area contributed by atoms with Gasteiger partial charge in [-0.15, -0.1) is 0 Å².